The van der Waals surface area contributed by atoms with Gasteiger partial charge in [-0.25, -0.2) is 8.78 Å². The van der Waals surface area contributed by atoms with Gasteiger partial charge in [0, 0.05) is 12.1 Å². The molecule has 0 fully saturated rings. The van der Waals surface area contributed by atoms with E-state index in [0.717, 1.165) is 23.8 Å². The normalized spacial score (nSPS) is 14.0. The lowest BCUT2D eigenvalue weighted by molar-refractivity contribution is 0.173. The SMILES string of the molecule is CC(CO)(NCc1cc(F)ccc1F)c1ccccc1. The molecule has 0 amide bonds. The van der Waals surface area contributed by atoms with Crippen LogP contribution in [-0.4, -0.2) is 11.7 Å². The maximum atomic E-state index is 13.6. The molecule has 0 aromatic heterocycles. The second kappa shape index (κ2) is 6.11. The Bertz CT molecular complexity index is 574. The van der Waals surface area contributed by atoms with Gasteiger partial charge in [-0.3, -0.25) is 0 Å². The van der Waals surface area contributed by atoms with Crippen LogP contribution in [0.3, 0.4) is 0 Å². The number of nitrogens with one attached hydrogen (secondary N) is 1. The predicted octanol–water partition coefficient (Wildman–Crippen LogP) is 2.96. The number of aliphatic hydroxyl groups excluding tert-OH is 1. The van der Waals surface area contributed by atoms with Crippen molar-refractivity contribution in [2.75, 3.05) is 6.61 Å². The first-order chi connectivity index (χ1) is 9.55. The van der Waals surface area contributed by atoms with Crippen LogP contribution >= 0.6 is 0 Å². The first-order valence-corrected chi connectivity index (χ1v) is 6.40. The lowest BCUT2D eigenvalue weighted by atomic mass is 9.92. The van der Waals surface area contributed by atoms with Crippen LogP contribution in [0.4, 0.5) is 8.78 Å². The van der Waals surface area contributed by atoms with Gasteiger partial charge in [-0.15, -0.1) is 0 Å². The van der Waals surface area contributed by atoms with Gasteiger partial charge in [-0.2, -0.15) is 0 Å². The molecule has 0 aliphatic heterocycles. The highest BCUT2D eigenvalue weighted by atomic mass is 19.1. The third-order valence-corrected chi connectivity index (χ3v) is 3.40. The topological polar surface area (TPSA) is 32.3 Å². The van der Waals surface area contributed by atoms with Crippen molar-refractivity contribution < 1.29 is 13.9 Å². The van der Waals surface area contributed by atoms with Crippen LogP contribution in [0.2, 0.25) is 0 Å². The summed E-state index contributed by atoms with van der Waals surface area (Å²) in [4.78, 5) is 0. The quantitative estimate of drug-likeness (QED) is 0.880. The van der Waals surface area contributed by atoms with E-state index >= 15 is 0 Å². The molecule has 1 atom stereocenters. The first kappa shape index (κ1) is 14.6. The van der Waals surface area contributed by atoms with Gasteiger partial charge in [0.1, 0.15) is 11.6 Å². The number of hydrogen-bond donors (Lipinski definition) is 2. The van der Waals surface area contributed by atoms with E-state index in [4.69, 9.17) is 0 Å². The van der Waals surface area contributed by atoms with Gasteiger partial charge in [-0.1, -0.05) is 30.3 Å². The van der Waals surface area contributed by atoms with E-state index in [2.05, 4.69) is 5.32 Å². The largest absolute Gasteiger partial charge is 0.394 e. The summed E-state index contributed by atoms with van der Waals surface area (Å²) in [6.07, 6.45) is 0. The van der Waals surface area contributed by atoms with Gasteiger partial charge in [0.05, 0.1) is 12.1 Å². The minimum absolute atomic E-state index is 0.134. The Morgan fingerprint density at radius 1 is 1.10 bits per heavy atom. The molecule has 2 N–H and O–H groups in total. The van der Waals surface area contributed by atoms with Gasteiger partial charge in [-0.05, 0) is 30.7 Å². The molecular weight excluding hydrogens is 260 g/mol. The Morgan fingerprint density at radius 3 is 2.45 bits per heavy atom. The highest BCUT2D eigenvalue weighted by Crippen LogP contribution is 2.21. The molecule has 0 heterocycles. The predicted molar refractivity (Wildman–Crippen MR) is 74.1 cm³/mol. The second-order valence-corrected chi connectivity index (χ2v) is 4.95. The summed E-state index contributed by atoms with van der Waals surface area (Å²) < 4.78 is 26.7. The summed E-state index contributed by atoms with van der Waals surface area (Å²) in [6.45, 7) is 1.81. The van der Waals surface area contributed by atoms with E-state index in [9.17, 15) is 13.9 Å². The van der Waals surface area contributed by atoms with Crippen LogP contribution in [0, 0.1) is 11.6 Å². The van der Waals surface area contributed by atoms with Crippen molar-refractivity contribution in [1.82, 2.24) is 5.32 Å². The molecule has 20 heavy (non-hydrogen) atoms. The molecule has 1 unspecified atom stereocenters. The van der Waals surface area contributed by atoms with E-state index < -0.39 is 17.2 Å². The van der Waals surface area contributed by atoms with Gasteiger partial charge in [0.15, 0.2) is 0 Å². The number of halogens is 2. The first-order valence-electron chi connectivity index (χ1n) is 6.40. The van der Waals surface area contributed by atoms with Crippen LogP contribution in [0.5, 0.6) is 0 Å². The van der Waals surface area contributed by atoms with Crippen LogP contribution in [-0.2, 0) is 12.1 Å². The molecule has 0 radical (unpaired) electrons. The van der Waals surface area contributed by atoms with E-state index in [0.29, 0.717) is 0 Å². The van der Waals surface area contributed by atoms with Crippen LogP contribution in [0.1, 0.15) is 18.1 Å². The monoisotopic (exact) mass is 277 g/mol. The minimum atomic E-state index is -0.708. The van der Waals surface area contributed by atoms with Crippen molar-refractivity contribution in [1.29, 1.82) is 0 Å². The molecular formula is C16H17F2NO. The number of aliphatic hydroxyl groups is 1. The van der Waals surface area contributed by atoms with E-state index in [1.807, 2.05) is 37.3 Å². The van der Waals surface area contributed by atoms with E-state index in [1.54, 1.807) is 0 Å². The maximum absolute atomic E-state index is 13.6. The molecule has 0 aliphatic carbocycles. The van der Waals surface area contributed by atoms with E-state index in [1.165, 1.54) is 0 Å². The number of benzene rings is 2. The average molecular weight is 277 g/mol. The summed E-state index contributed by atoms with van der Waals surface area (Å²) in [5.74, 6) is -0.944. The molecule has 0 bridgehead atoms. The molecule has 2 nitrogen and oxygen atoms in total. The fourth-order valence-electron chi connectivity index (χ4n) is 2.02. The van der Waals surface area contributed by atoms with Crippen molar-refractivity contribution in [3.63, 3.8) is 0 Å². The number of hydrogen-bond acceptors (Lipinski definition) is 2. The van der Waals surface area contributed by atoms with Gasteiger partial charge < -0.3 is 10.4 Å². The summed E-state index contributed by atoms with van der Waals surface area (Å²) >= 11 is 0. The molecule has 2 aromatic rings. The summed E-state index contributed by atoms with van der Waals surface area (Å²) in [5.41, 5.74) is 0.417. The van der Waals surface area contributed by atoms with Crippen LogP contribution < -0.4 is 5.32 Å². The van der Waals surface area contributed by atoms with Crippen molar-refractivity contribution in [2.45, 2.75) is 19.0 Å². The highest BCUT2D eigenvalue weighted by molar-refractivity contribution is 5.25. The lowest BCUT2D eigenvalue weighted by Gasteiger charge is -2.29. The Hall–Kier alpha value is -1.78. The fraction of sp³-hybridized carbons (Fsp3) is 0.250. The number of rotatable bonds is 5. The fourth-order valence-corrected chi connectivity index (χ4v) is 2.02. The van der Waals surface area contributed by atoms with Crippen molar-refractivity contribution >= 4 is 0 Å². The Morgan fingerprint density at radius 2 is 1.80 bits per heavy atom. The third kappa shape index (κ3) is 3.21. The Kier molecular flexibility index (Phi) is 4.47. The average Bonchev–Trinajstić information content (AvgIpc) is 2.49. The standard InChI is InChI=1S/C16H17F2NO/c1-16(11-20,13-5-3-2-4-6-13)19-10-12-9-14(17)7-8-15(12)18/h2-9,19-20H,10-11H2,1H3. The zero-order valence-electron chi connectivity index (χ0n) is 11.2. The molecule has 0 saturated heterocycles. The van der Waals surface area contributed by atoms with Gasteiger partial charge >= 0.3 is 0 Å². The third-order valence-electron chi connectivity index (χ3n) is 3.40. The molecule has 106 valence electrons. The summed E-state index contributed by atoms with van der Waals surface area (Å²) in [7, 11) is 0. The van der Waals surface area contributed by atoms with Gasteiger partial charge in [0.25, 0.3) is 0 Å². The molecule has 0 aliphatic rings. The zero-order valence-corrected chi connectivity index (χ0v) is 11.2. The van der Waals surface area contributed by atoms with Crippen molar-refractivity contribution in [2.24, 2.45) is 0 Å². The molecule has 2 rings (SSSR count). The van der Waals surface area contributed by atoms with Crippen LogP contribution in [0.15, 0.2) is 48.5 Å². The van der Waals surface area contributed by atoms with E-state index in [-0.39, 0.29) is 18.7 Å². The minimum Gasteiger partial charge on any atom is -0.394 e. The molecule has 0 saturated carbocycles. The highest BCUT2D eigenvalue weighted by Gasteiger charge is 2.25. The second-order valence-electron chi connectivity index (χ2n) is 4.95. The Labute approximate surface area is 117 Å². The molecule has 0 spiro atoms. The van der Waals surface area contributed by atoms with Crippen LogP contribution in [0.25, 0.3) is 0 Å². The zero-order chi connectivity index (χ0) is 14.6. The molecule has 2 aromatic carbocycles. The van der Waals surface area contributed by atoms with Crippen molar-refractivity contribution in [3.8, 4) is 0 Å². The Balaban J connectivity index is 2.17. The summed E-state index contributed by atoms with van der Waals surface area (Å²) in [5, 5.41) is 12.7. The summed E-state index contributed by atoms with van der Waals surface area (Å²) in [6, 6.07) is 12.7. The molecule has 4 heteroatoms. The van der Waals surface area contributed by atoms with Crippen molar-refractivity contribution in [3.05, 3.63) is 71.3 Å². The lowest BCUT2D eigenvalue weighted by Crippen LogP contribution is -2.42. The van der Waals surface area contributed by atoms with Gasteiger partial charge in [0.2, 0.25) is 0 Å². The smallest absolute Gasteiger partial charge is 0.127 e. The maximum Gasteiger partial charge on any atom is 0.127 e.